The van der Waals surface area contributed by atoms with E-state index >= 15 is 0 Å². The molecule has 1 fully saturated rings. The maximum absolute atomic E-state index is 12.7. The normalized spacial score (nSPS) is 20.5. The maximum atomic E-state index is 12.7. The molecule has 6 nitrogen and oxygen atoms in total. The number of aromatic nitrogens is 2. The highest BCUT2D eigenvalue weighted by Gasteiger charge is 2.33. The molecule has 1 saturated heterocycles. The number of nitrogens with zero attached hydrogens (tertiary/aromatic N) is 3. The Bertz CT molecular complexity index is 786. The number of carbonyl (C=O) groups is 1. The molecule has 138 valence electrons. The van der Waals surface area contributed by atoms with Crippen molar-refractivity contribution in [2.75, 3.05) is 19.7 Å². The molecule has 0 spiro atoms. The molecule has 0 aliphatic carbocycles. The summed E-state index contributed by atoms with van der Waals surface area (Å²) in [6, 6.07) is 7.10. The van der Waals surface area contributed by atoms with Crippen molar-refractivity contribution in [1.82, 2.24) is 14.9 Å². The van der Waals surface area contributed by atoms with Crippen LogP contribution in [-0.2, 0) is 0 Å². The van der Waals surface area contributed by atoms with Crippen LogP contribution in [0.3, 0.4) is 0 Å². The number of rotatable bonds is 4. The van der Waals surface area contributed by atoms with Crippen LogP contribution in [0, 0.1) is 6.92 Å². The van der Waals surface area contributed by atoms with Gasteiger partial charge < -0.3 is 14.7 Å². The van der Waals surface area contributed by atoms with E-state index in [1.807, 2.05) is 0 Å². The summed E-state index contributed by atoms with van der Waals surface area (Å²) in [6.45, 7) is 3.01. The highest BCUT2D eigenvalue weighted by Crippen LogP contribution is 2.26. The van der Waals surface area contributed by atoms with Crippen molar-refractivity contribution >= 4 is 17.5 Å². The molecule has 26 heavy (non-hydrogen) atoms. The average molecular weight is 376 g/mol. The molecule has 1 N–H and O–H groups in total. The van der Waals surface area contributed by atoms with E-state index in [1.54, 1.807) is 42.3 Å². The summed E-state index contributed by atoms with van der Waals surface area (Å²) in [6.07, 6.45) is 4.70. The zero-order chi connectivity index (χ0) is 18.6. The van der Waals surface area contributed by atoms with E-state index in [1.165, 1.54) is 6.33 Å². The first-order chi connectivity index (χ1) is 12.5. The number of halogens is 1. The molecule has 2 heterocycles. The summed E-state index contributed by atoms with van der Waals surface area (Å²) < 4.78 is 5.73. The number of aryl methyl sites for hydroxylation is 1. The molecule has 0 radical (unpaired) electrons. The van der Waals surface area contributed by atoms with E-state index in [9.17, 15) is 9.90 Å². The van der Waals surface area contributed by atoms with Crippen LogP contribution in [0.5, 0.6) is 5.75 Å². The van der Waals surface area contributed by atoms with Crippen LogP contribution in [0.25, 0.3) is 0 Å². The van der Waals surface area contributed by atoms with Gasteiger partial charge in [0.25, 0.3) is 5.91 Å². The first kappa shape index (κ1) is 18.6. The molecular formula is C19H22ClN3O3. The second-order valence-electron chi connectivity index (χ2n) is 6.64. The van der Waals surface area contributed by atoms with Gasteiger partial charge in [0.05, 0.1) is 11.3 Å². The Morgan fingerprint density at radius 3 is 3.00 bits per heavy atom. The Kier molecular flexibility index (Phi) is 5.74. The standard InChI is InChI=1S/C19H22ClN3O3/c1-14-17(11-21-13-22-14)18(24)23-8-3-6-19(25,7-9-23)12-26-16-5-2-4-15(20)10-16/h2,4-5,10-11,13,25H,3,6-9,12H2,1H3. The summed E-state index contributed by atoms with van der Waals surface area (Å²) in [7, 11) is 0. The molecule has 1 aliphatic heterocycles. The highest BCUT2D eigenvalue weighted by atomic mass is 35.5. The van der Waals surface area contributed by atoms with Gasteiger partial charge in [0.2, 0.25) is 0 Å². The van der Waals surface area contributed by atoms with Crippen LogP contribution >= 0.6 is 11.6 Å². The van der Waals surface area contributed by atoms with Crippen molar-refractivity contribution in [3.05, 3.63) is 53.1 Å². The lowest BCUT2D eigenvalue weighted by atomic mass is 9.96. The monoisotopic (exact) mass is 375 g/mol. The first-order valence-corrected chi connectivity index (χ1v) is 9.01. The molecule has 1 amide bonds. The summed E-state index contributed by atoms with van der Waals surface area (Å²) >= 11 is 5.96. The van der Waals surface area contributed by atoms with Crippen molar-refractivity contribution in [1.29, 1.82) is 0 Å². The van der Waals surface area contributed by atoms with Gasteiger partial charge in [0.1, 0.15) is 24.3 Å². The Morgan fingerprint density at radius 1 is 1.38 bits per heavy atom. The van der Waals surface area contributed by atoms with Crippen molar-refractivity contribution < 1.29 is 14.6 Å². The zero-order valence-electron chi connectivity index (χ0n) is 14.7. The third-order valence-electron chi connectivity index (χ3n) is 4.65. The van der Waals surface area contributed by atoms with Crippen molar-refractivity contribution in [2.45, 2.75) is 31.8 Å². The SMILES string of the molecule is Cc1ncncc1C(=O)N1CCCC(O)(COc2cccc(Cl)c2)CC1. The summed E-state index contributed by atoms with van der Waals surface area (Å²) in [5, 5.41) is 11.5. The van der Waals surface area contributed by atoms with Crippen LogP contribution in [0.2, 0.25) is 5.02 Å². The van der Waals surface area contributed by atoms with E-state index in [4.69, 9.17) is 16.3 Å². The van der Waals surface area contributed by atoms with E-state index in [-0.39, 0.29) is 12.5 Å². The Morgan fingerprint density at radius 2 is 2.23 bits per heavy atom. The fraction of sp³-hybridized carbons (Fsp3) is 0.421. The van der Waals surface area contributed by atoms with Gasteiger partial charge in [-0.2, -0.15) is 0 Å². The Hall–Kier alpha value is -2.18. The number of hydrogen-bond acceptors (Lipinski definition) is 5. The number of carbonyl (C=O) groups excluding carboxylic acids is 1. The third kappa shape index (κ3) is 4.51. The molecular weight excluding hydrogens is 354 g/mol. The Labute approximate surface area is 157 Å². The lowest BCUT2D eigenvalue weighted by molar-refractivity contribution is -0.0163. The van der Waals surface area contributed by atoms with Gasteiger partial charge in [0, 0.05) is 24.3 Å². The minimum atomic E-state index is -0.973. The van der Waals surface area contributed by atoms with Crippen molar-refractivity contribution in [2.24, 2.45) is 0 Å². The van der Waals surface area contributed by atoms with Gasteiger partial charge in [-0.05, 0) is 44.4 Å². The van der Waals surface area contributed by atoms with Crippen LogP contribution in [0.1, 0.15) is 35.3 Å². The summed E-state index contributed by atoms with van der Waals surface area (Å²) in [5.74, 6) is 0.531. The number of aliphatic hydroxyl groups is 1. The summed E-state index contributed by atoms with van der Waals surface area (Å²) in [5.41, 5.74) is 0.196. The predicted octanol–water partition coefficient (Wildman–Crippen LogP) is 2.87. The highest BCUT2D eigenvalue weighted by molar-refractivity contribution is 6.30. The molecule has 1 aromatic carbocycles. The van der Waals surface area contributed by atoms with Crippen LogP contribution < -0.4 is 4.74 Å². The third-order valence-corrected chi connectivity index (χ3v) is 4.89. The topological polar surface area (TPSA) is 75.6 Å². The molecule has 7 heteroatoms. The summed E-state index contributed by atoms with van der Waals surface area (Å²) in [4.78, 5) is 22.5. The fourth-order valence-electron chi connectivity index (χ4n) is 3.07. The molecule has 3 rings (SSSR count). The number of hydrogen-bond donors (Lipinski definition) is 1. The van der Waals surface area contributed by atoms with Gasteiger partial charge >= 0.3 is 0 Å². The molecule has 2 aromatic rings. The second-order valence-corrected chi connectivity index (χ2v) is 7.07. The number of amides is 1. The van der Waals surface area contributed by atoms with Crippen molar-refractivity contribution in [3.8, 4) is 5.75 Å². The average Bonchev–Trinajstić information content (AvgIpc) is 2.82. The molecule has 1 aromatic heterocycles. The van der Waals surface area contributed by atoms with E-state index in [2.05, 4.69) is 9.97 Å². The van der Waals surface area contributed by atoms with Gasteiger partial charge in [-0.25, -0.2) is 9.97 Å². The van der Waals surface area contributed by atoms with E-state index in [0.717, 1.165) is 0 Å². The van der Waals surface area contributed by atoms with E-state index < -0.39 is 5.60 Å². The maximum Gasteiger partial charge on any atom is 0.257 e. The fourth-order valence-corrected chi connectivity index (χ4v) is 3.25. The molecule has 0 saturated carbocycles. The van der Waals surface area contributed by atoms with Crippen LogP contribution in [-0.4, -0.2) is 51.2 Å². The first-order valence-electron chi connectivity index (χ1n) is 8.63. The quantitative estimate of drug-likeness (QED) is 0.889. The molecule has 1 aliphatic rings. The van der Waals surface area contributed by atoms with Gasteiger partial charge in [0.15, 0.2) is 0 Å². The number of benzene rings is 1. The minimum absolute atomic E-state index is 0.0943. The predicted molar refractivity (Wildman–Crippen MR) is 98.4 cm³/mol. The lowest BCUT2D eigenvalue weighted by Gasteiger charge is -2.27. The number of likely N-dealkylation sites (tertiary alicyclic amines) is 1. The second kappa shape index (κ2) is 8.01. The molecule has 0 bridgehead atoms. The van der Waals surface area contributed by atoms with Gasteiger partial charge in [-0.15, -0.1) is 0 Å². The molecule has 1 unspecified atom stereocenters. The zero-order valence-corrected chi connectivity index (χ0v) is 15.4. The largest absolute Gasteiger partial charge is 0.491 e. The minimum Gasteiger partial charge on any atom is -0.491 e. The van der Waals surface area contributed by atoms with E-state index in [0.29, 0.717) is 54.4 Å². The van der Waals surface area contributed by atoms with Crippen molar-refractivity contribution in [3.63, 3.8) is 0 Å². The van der Waals surface area contributed by atoms with Gasteiger partial charge in [-0.1, -0.05) is 17.7 Å². The lowest BCUT2D eigenvalue weighted by Crippen LogP contribution is -2.38. The van der Waals surface area contributed by atoms with Crippen LogP contribution in [0.15, 0.2) is 36.8 Å². The van der Waals surface area contributed by atoms with Crippen LogP contribution in [0.4, 0.5) is 0 Å². The van der Waals surface area contributed by atoms with Gasteiger partial charge in [-0.3, -0.25) is 4.79 Å². The molecule has 1 atom stereocenters. The number of ether oxygens (including phenoxy) is 1. The smallest absolute Gasteiger partial charge is 0.257 e. The Balaban J connectivity index is 1.62.